The van der Waals surface area contributed by atoms with Crippen LogP contribution in [0.4, 0.5) is 11.4 Å². The summed E-state index contributed by atoms with van der Waals surface area (Å²) < 4.78 is 33.6. The van der Waals surface area contributed by atoms with Crippen molar-refractivity contribution < 1.29 is 22.7 Å². The number of benzene rings is 3. The summed E-state index contributed by atoms with van der Waals surface area (Å²) in [6.45, 7) is 4.32. The summed E-state index contributed by atoms with van der Waals surface area (Å²) in [5.74, 6) is -0.357. The number of para-hydroxylation sites is 1. The van der Waals surface area contributed by atoms with E-state index in [2.05, 4.69) is 10.6 Å². The van der Waals surface area contributed by atoms with Gasteiger partial charge in [-0.1, -0.05) is 37.1 Å². The predicted molar refractivity (Wildman–Crippen MR) is 146 cm³/mol. The third-order valence-electron chi connectivity index (χ3n) is 5.39. The zero-order chi connectivity index (χ0) is 26.8. The molecule has 0 aliphatic carbocycles. The Labute approximate surface area is 222 Å². The zero-order valence-corrected chi connectivity index (χ0v) is 22.3. The van der Waals surface area contributed by atoms with Crippen LogP contribution in [0, 0.1) is 0 Å². The van der Waals surface area contributed by atoms with Crippen LogP contribution < -0.4 is 19.7 Å². The predicted octanol–water partition coefficient (Wildman–Crippen LogP) is 5.10. The van der Waals surface area contributed by atoms with Crippen LogP contribution in [0.2, 0.25) is 5.02 Å². The van der Waals surface area contributed by atoms with Crippen LogP contribution in [0.15, 0.2) is 77.7 Å². The molecule has 0 unspecified atom stereocenters. The summed E-state index contributed by atoms with van der Waals surface area (Å²) in [5.41, 5.74) is 0.858. The van der Waals surface area contributed by atoms with Gasteiger partial charge in [0.25, 0.3) is 15.9 Å². The molecule has 0 radical (unpaired) electrons. The first-order chi connectivity index (χ1) is 17.8. The van der Waals surface area contributed by atoms with Gasteiger partial charge in [0.1, 0.15) is 12.3 Å². The van der Waals surface area contributed by atoms with Gasteiger partial charge in [-0.3, -0.25) is 13.9 Å². The molecular weight excluding hydrogens is 514 g/mol. The Morgan fingerprint density at radius 1 is 0.946 bits per heavy atom. The van der Waals surface area contributed by atoms with Crippen molar-refractivity contribution in [3.63, 3.8) is 0 Å². The van der Waals surface area contributed by atoms with Crippen LogP contribution >= 0.6 is 11.6 Å². The normalized spacial score (nSPS) is 11.0. The van der Waals surface area contributed by atoms with E-state index in [0.29, 0.717) is 29.5 Å². The highest BCUT2D eigenvalue weighted by molar-refractivity contribution is 7.92. The number of nitrogens with zero attached hydrogens (tertiary/aromatic N) is 1. The summed E-state index contributed by atoms with van der Waals surface area (Å²) in [5, 5.41) is 5.91. The van der Waals surface area contributed by atoms with Gasteiger partial charge < -0.3 is 15.4 Å². The fraction of sp³-hybridized carbons (Fsp3) is 0.259. The number of carbonyl (C=O) groups excluding carboxylic acids is 2. The van der Waals surface area contributed by atoms with Gasteiger partial charge in [0, 0.05) is 11.6 Å². The van der Waals surface area contributed by atoms with E-state index in [1.54, 1.807) is 48.5 Å². The molecule has 0 aliphatic heterocycles. The van der Waals surface area contributed by atoms with E-state index in [0.717, 1.165) is 17.1 Å². The number of hydrogen-bond donors (Lipinski definition) is 2. The fourth-order valence-corrected chi connectivity index (χ4v) is 5.06. The molecular formula is C27H30ClN3O5S. The molecule has 3 aromatic rings. The average molecular weight is 544 g/mol. The van der Waals surface area contributed by atoms with Crippen molar-refractivity contribution in [3.8, 4) is 5.75 Å². The smallest absolute Gasteiger partial charge is 0.264 e. The molecule has 2 amide bonds. The topological polar surface area (TPSA) is 105 Å². The largest absolute Gasteiger partial charge is 0.494 e. The lowest BCUT2D eigenvalue weighted by molar-refractivity contribution is -0.114. The maximum Gasteiger partial charge on any atom is 0.264 e. The van der Waals surface area contributed by atoms with Gasteiger partial charge in [-0.05, 0) is 74.0 Å². The molecule has 0 atom stereocenters. The molecule has 0 saturated heterocycles. The van der Waals surface area contributed by atoms with E-state index >= 15 is 0 Å². The minimum Gasteiger partial charge on any atom is -0.494 e. The number of rotatable bonds is 12. The second-order valence-corrected chi connectivity index (χ2v) is 10.4. The fourth-order valence-electron chi connectivity index (χ4n) is 3.51. The van der Waals surface area contributed by atoms with Crippen LogP contribution in [0.5, 0.6) is 5.75 Å². The molecule has 3 aromatic carbocycles. The van der Waals surface area contributed by atoms with Crippen molar-refractivity contribution in [2.24, 2.45) is 0 Å². The van der Waals surface area contributed by atoms with Crippen molar-refractivity contribution in [1.82, 2.24) is 5.32 Å². The van der Waals surface area contributed by atoms with Gasteiger partial charge in [0.2, 0.25) is 5.91 Å². The van der Waals surface area contributed by atoms with E-state index in [1.165, 1.54) is 24.3 Å². The highest BCUT2D eigenvalue weighted by Crippen LogP contribution is 2.27. The Hall–Kier alpha value is -3.56. The second-order valence-electron chi connectivity index (χ2n) is 8.10. The summed E-state index contributed by atoms with van der Waals surface area (Å²) >= 11 is 5.94. The molecule has 0 aliphatic rings. The van der Waals surface area contributed by atoms with Gasteiger partial charge in [-0.15, -0.1) is 0 Å². The molecule has 10 heteroatoms. The van der Waals surface area contributed by atoms with Crippen LogP contribution in [0.25, 0.3) is 0 Å². The number of ether oxygens (including phenoxy) is 1. The molecule has 0 saturated carbocycles. The first-order valence-corrected chi connectivity index (χ1v) is 13.8. The number of anilines is 2. The Kier molecular flexibility index (Phi) is 9.93. The van der Waals surface area contributed by atoms with Gasteiger partial charge in [0.15, 0.2) is 0 Å². The number of nitrogens with one attached hydrogen (secondary N) is 2. The molecule has 0 spiro atoms. The zero-order valence-electron chi connectivity index (χ0n) is 20.7. The Balaban J connectivity index is 1.89. The number of sulfonamides is 1. The Morgan fingerprint density at radius 3 is 2.27 bits per heavy atom. The molecule has 8 nitrogen and oxygen atoms in total. The highest BCUT2D eigenvalue weighted by Gasteiger charge is 2.28. The second kappa shape index (κ2) is 13.1. The minimum absolute atomic E-state index is 0.0192. The van der Waals surface area contributed by atoms with Crippen molar-refractivity contribution in [3.05, 3.63) is 83.4 Å². The Bertz CT molecular complexity index is 1310. The van der Waals surface area contributed by atoms with Crippen molar-refractivity contribution in [1.29, 1.82) is 0 Å². The number of carbonyl (C=O) groups is 2. The van der Waals surface area contributed by atoms with Gasteiger partial charge >= 0.3 is 0 Å². The van der Waals surface area contributed by atoms with E-state index in [1.807, 2.05) is 13.8 Å². The molecule has 0 aromatic heterocycles. The number of hydrogen-bond acceptors (Lipinski definition) is 5. The van der Waals surface area contributed by atoms with E-state index in [9.17, 15) is 18.0 Å². The third kappa shape index (κ3) is 7.47. The maximum atomic E-state index is 13.6. The number of halogens is 1. The standard InChI is InChI=1S/C27H30ClN3O5S/c1-3-5-18-29-27(33)24-8-6-7-9-25(24)30-26(32)19-31(21-12-14-22(15-13-21)36-4-2)37(34,35)23-16-10-20(28)11-17-23/h6-17H,3-5,18-19H2,1-2H3,(H,29,33)(H,30,32). The highest BCUT2D eigenvalue weighted by atomic mass is 35.5. The summed E-state index contributed by atoms with van der Waals surface area (Å²) in [6.07, 6.45) is 1.77. The minimum atomic E-state index is -4.13. The molecule has 0 bridgehead atoms. The van der Waals surface area contributed by atoms with Crippen molar-refractivity contribution in [2.75, 3.05) is 29.3 Å². The quantitative estimate of drug-likeness (QED) is 0.309. The van der Waals surface area contributed by atoms with Crippen molar-refractivity contribution >= 4 is 44.8 Å². The molecule has 2 N–H and O–H groups in total. The van der Waals surface area contributed by atoms with E-state index in [-0.39, 0.29) is 22.2 Å². The van der Waals surface area contributed by atoms with Crippen molar-refractivity contribution in [2.45, 2.75) is 31.6 Å². The molecule has 196 valence electrons. The van der Waals surface area contributed by atoms with Gasteiger partial charge in [-0.2, -0.15) is 0 Å². The first kappa shape index (κ1) is 28.0. The van der Waals surface area contributed by atoms with E-state index < -0.39 is 22.5 Å². The lowest BCUT2D eigenvalue weighted by Gasteiger charge is -2.24. The number of unbranched alkanes of at least 4 members (excludes halogenated alkanes) is 1. The van der Waals surface area contributed by atoms with Gasteiger partial charge in [-0.25, -0.2) is 8.42 Å². The van der Waals surface area contributed by atoms with Crippen LogP contribution in [-0.2, 0) is 14.8 Å². The molecule has 0 heterocycles. The monoisotopic (exact) mass is 543 g/mol. The summed E-state index contributed by atoms with van der Waals surface area (Å²) in [4.78, 5) is 25.8. The molecule has 3 rings (SSSR count). The summed E-state index contributed by atoms with van der Waals surface area (Å²) in [6, 6.07) is 18.7. The van der Waals surface area contributed by atoms with Crippen LogP contribution in [0.1, 0.15) is 37.0 Å². The summed E-state index contributed by atoms with van der Waals surface area (Å²) in [7, 11) is -4.13. The van der Waals surface area contributed by atoms with E-state index in [4.69, 9.17) is 16.3 Å². The van der Waals surface area contributed by atoms with Gasteiger partial charge in [0.05, 0.1) is 28.4 Å². The number of amides is 2. The maximum absolute atomic E-state index is 13.6. The lowest BCUT2D eigenvalue weighted by atomic mass is 10.1. The average Bonchev–Trinajstić information content (AvgIpc) is 2.88. The van der Waals surface area contributed by atoms with Crippen LogP contribution in [0.3, 0.4) is 0 Å². The first-order valence-electron chi connectivity index (χ1n) is 11.9. The Morgan fingerprint density at radius 2 is 1.62 bits per heavy atom. The third-order valence-corrected chi connectivity index (χ3v) is 7.43. The van der Waals surface area contributed by atoms with Crippen LogP contribution in [-0.4, -0.2) is 39.9 Å². The molecule has 0 fully saturated rings. The molecule has 37 heavy (non-hydrogen) atoms. The lowest BCUT2D eigenvalue weighted by Crippen LogP contribution is -2.38. The SMILES string of the molecule is CCCCNC(=O)c1ccccc1NC(=O)CN(c1ccc(OCC)cc1)S(=O)(=O)c1ccc(Cl)cc1.